The predicted octanol–water partition coefficient (Wildman–Crippen LogP) is 1.65. The average Bonchev–Trinajstić information content (AvgIpc) is 3.06. The Morgan fingerprint density at radius 3 is 2.59 bits per heavy atom. The number of carboxylic acids is 1. The van der Waals surface area contributed by atoms with Crippen molar-refractivity contribution >= 4 is 67.7 Å². The second-order valence-electron chi connectivity index (χ2n) is 5.62. The van der Waals surface area contributed by atoms with E-state index >= 15 is 0 Å². The van der Waals surface area contributed by atoms with E-state index in [2.05, 4.69) is 0 Å². The van der Waals surface area contributed by atoms with E-state index in [4.69, 9.17) is 17.3 Å². The van der Waals surface area contributed by atoms with Crippen LogP contribution in [-0.2, 0) is 19.7 Å². The van der Waals surface area contributed by atoms with E-state index in [1.807, 2.05) is 24.3 Å². The number of thiocarbonyl (C=S) groups is 1. The van der Waals surface area contributed by atoms with Gasteiger partial charge in [0.15, 0.2) is 0 Å². The van der Waals surface area contributed by atoms with Gasteiger partial charge in [-0.25, -0.2) is 8.42 Å². The molecule has 3 rings (SSSR count). The molecule has 1 amide bonds. The second-order valence-corrected chi connectivity index (χ2v) is 9.82. The number of carbonyl (C=O) groups is 2. The maximum absolute atomic E-state index is 12.7. The van der Waals surface area contributed by atoms with E-state index in [-0.39, 0.29) is 17.3 Å². The summed E-state index contributed by atoms with van der Waals surface area (Å²) in [5.74, 6) is -2.18. The van der Waals surface area contributed by atoms with Gasteiger partial charge < -0.3 is 14.6 Å². The number of carbonyl (C=O) groups excluding carboxylic acids is 1. The van der Waals surface area contributed by atoms with Crippen molar-refractivity contribution in [2.24, 2.45) is 0 Å². The number of benzene rings is 1. The number of hydrogen-bond donors (Lipinski definition) is 1. The summed E-state index contributed by atoms with van der Waals surface area (Å²) in [6.45, 7) is -0.294. The maximum Gasteiger partial charge on any atom is 0.323 e. The van der Waals surface area contributed by atoms with Crippen LogP contribution in [0.1, 0.15) is 6.42 Å². The normalized spacial score (nSPS) is 19.7. The molecule has 0 saturated carbocycles. The molecule has 0 radical (unpaired) electrons. The summed E-state index contributed by atoms with van der Waals surface area (Å²) in [5, 5.41) is 9.53. The van der Waals surface area contributed by atoms with Crippen molar-refractivity contribution in [3.8, 4) is 0 Å². The van der Waals surface area contributed by atoms with Crippen LogP contribution in [0.25, 0.3) is 0 Å². The first-order valence-electron chi connectivity index (χ1n) is 7.65. The lowest BCUT2D eigenvalue weighted by Crippen LogP contribution is -2.34. The Morgan fingerprint density at radius 2 is 1.93 bits per heavy atom. The number of thioether (sulfide) groups is 2. The van der Waals surface area contributed by atoms with Crippen molar-refractivity contribution in [2.75, 3.05) is 23.7 Å². The lowest BCUT2D eigenvalue weighted by Gasteiger charge is -2.21. The minimum Gasteiger partial charge on any atom is -0.748 e. The molecule has 144 valence electrons. The molecular formula is C15H13N2O6S4-. The van der Waals surface area contributed by atoms with Crippen LogP contribution in [0.5, 0.6) is 0 Å². The van der Waals surface area contributed by atoms with Crippen LogP contribution < -0.4 is 4.90 Å². The number of fused-ring (bicyclic) bond motifs is 1. The van der Waals surface area contributed by atoms with Crippen LogP contribution in [0.2, 0.25) is 0 Å². The number of rotatable bonds is 6. The molecule has 1 aromatic carbocycles. The van der Waals surface area contributed by atoms with Crippen LogP contribution >= 0.6 is 35.7 Å². The van der Waals surface area contributed by atoms with E-state index in [1.165, 1.54) is 11.8 Å². The zero-order chi connectivity index (χ0) is 19.8. The topological polar surface area (TPSA) is 118 Å². The van der Waals surface area contributed by atoms with E-state index in [9.17, 15) is 22.6 Å². The van der Waals surface area contributed by atoms with Gasteiger partial charge in [0.05, 0.1) is 15.8 Å². The molecule has 2 aliphatic heterocycles. The van der Waals surface area contributed by atoms with E-state index in [0.29, 0.717) is 9.93 Å². The number of carboxylic acid groups (broad SMARTS) is 1. The maximum atomic E-state index is 12.7. The SMILES string of the molecule is O=C(O)CN1C(=O)C(=C2Sc3ccccc3N2CCCS(=O)(=O)[O-])SC1=S. The molecule has 1 N–H and O–H groups in total. The molecule has 1 fully saturated rings. The van der Waals surface area contributed by atoms with Crippen LogP contribution in [0.15, 0.2) is 39.1 Å². The van der Waals surface area contributed by atoms with Crippen molar-refractivity contribution in [2.45, 2.75) is 11.3 Å². The summed E-state index contributed by atoms with van der Waals surface area (Å²) < 4.78 is 32.9. The lowest BCUT2D eigenvalue weighted by molar-refractivity contribution is -0.140. The average molecular weight is 446 g/mol. The molecule has 27 heavy (non-hydrogen) atoms. The number of nitrogens with zero attached hydrogens (tertiary/aromatic N) is 2. The van der Waals surface area contributed by atoms with Crippen molar-refractivity contribution in [1.29, 1.82) is 0 Å². The Morgan fingerprint density at radius 1 is 1.22 bits per heavy atom. The highest BCUT2D eigenvalue weighted by atomic mass is 32.2. The molecule has 0 unspecified atom stereocenters. The largest absolute Gasteiger partial charge is 0.748 e. The van der Waals surface area contributed by atoms with E-state index < -0.39 is 34.3 Å². The van der Waals surface area contributed by atoms with Crippen LogP contribution in [0.4, 0.5) is 5.69 Å². The van der Waals surface area contributed by atoms with Crippen LogP contribution in [-0.4, -0.2) is 58.0 Å². The quantitative estimate of drug-likeness (QED) is 0.393. The Balaban J connectivity index is 1.93. The summed E-state index contributed by atoms with van der Waals surface area (Å²) in [7, 11) is -4.34. The number of hydrogen-bond acceptors (Lipinski definition) is 9. The molecule has 1 aromatic rings. The Labute approximate surface area is 169 Å². The molecule has 8 nitrogen and oxygen atoms in total. The fourth-order valence-electron chi connectivity index (χ4n) is 2.62. The van der Waals surface area contributed by atoms with Gasteiger partial charge in [0.2, 0.25) is 0 Å². The first kappa shape index (κ1) is 20.1. The first-order valence-corrected chi connectivity index (χ1v) is 11.3. The smallest absolute Gasteiger partial charge is 0.323 e. The standard InChI is InChI=1S/C15H14N2O6S4/c18-11(19)8-17-13(20)12(26-15(17)24)14-16(6-3-7-27(21,22)23)9-4-1-2-5-10(9)25-14/h1-2,4-5H,3,6-8H2,(H,18,19)(H,21,22,23)/p-1. The van der Waals surface area contributed by atoms with Gasteiger partial charge in [-0.1, -0.05) is 47.9 Å². The van der Waals surface area contributed by atoms with Gasteiger partial charge >= 0.3 is 5.97 Å². The fourth-order valence-corrected chi connectivity index (χ4v) is 5.70. The monoisotopic (exact) mass is 445 g/mol. The summed E-state index contributed by atoms with van der Waals surface area (Å²) in [6.07, 6.45) is 0.0969. The zero-order valence-electron chi connectivity index (χ0n) is 13.7. The van der Waals surface area contributed by atoms with Gasteiger partial charge in [-0.15, -0.1) is 0 Å². The summed E-state index contributed by atoms with van der Waals surface area (Å²) in [5.41, 5.74) is 0.796. The van der Waals surface area contributed by atoms with E-state index in [1.54, 1.807) is 4.90 Å². The minimum absolute atomic E-state index is 0.0969. The summed E-state index contributed by atoms with van der Waals surface area (Å²) >= 11 is 7.48. The molecular weight excluding hydrogens is 432 g/mol. The molecule has 0 spiro atoms. The van der Waals surface area contributed by atoms with Crippen molar-refractivity contribution in [3.63, 3.8) is 0 Å². The Hall–Kier alpha value is -1.60. The number of anilines is 1. The van der Waals surface area contributed by atoms with Gasteiger partial charge in [-0.3, -0.25) is 14.5 Å². The predicted molar refractivity (Wildman–Crippen MR) is 105 cm³/mol. The third-order valence-corrected chi connectivity index (χ3v) is 7.26. The number of amides is 1. The van der Waals surface area contributed by atoms with Crippen molar-refractivity contribution in [3.05, 3.63) is 34.2 Å². The van der Waals surface area contributed by atoms with Gasteiger partial charge in [0.25, 0.3) is 5.91 Å². The minimum atomic E-state index is -4.34. The van der Waals surface area contributed by atoms with Crippen molar-refractivity contribution in [1.82, 2.24) is 4.90 Å². The van der Waals surface area contributed by atoms with Gasteiger partial charge in [0.1, 0.15) is 20.8 Å². The molecule has 2 heterocycles. The molecule has 0 aromatic heterocycles. The number of para-hydroxylation sites is 1. The third-order valence-electron chi connectivity index (χ3n) is 3.72. The third kappa shape index (κ3) is 4.46. The molecule has 0 aliphatic carbocycles. The van der Waals surface area contributed by atoms with Gasteiger partial charge in [0, 0.05) is 17.2 Å². The zero-order valence-corrected chi connectivity index (χ0v) is 16.9. The Bertz CT molecular complexity index is 959. The van der Waals surface area contributed by atoms with Gasteiger partial charge in [-0.2, -0.15) is 0 Å². The van der Waals surface area contributed by atoms with E-state index in [0.717, 1.165) is 27.2 Å². The molecule has 2 aliphatic rings. The molecule has 0 bridgehead atoms. The van der Waals surface area contributed by atoms with Crippen LogP contribution in [0.3, 0.4) is 0 Å². The van der Waals surface area contributed by atoms with Gasteiger partial charge in [-0.05, 0) is 18.6 Å². The highest BCUT2D eigenvalue weighted by Gasteiger charge is 2.39. The highest BCUT2D eigenvalue weighted by molar-refractivity contribution is 8.27. The fraction of sp³-hybridized carbons (Fsp3) is 0.267. The molecule has 1 saturated heterocycles. The Kier molecular flexibility index (Phi) is 5.82. The number of aliphatic carboxylic acids is 1. The van der Waals surface area contributed by atoms with Crippen molar-refractivity contribution < 1.29 is 27.7 Å². The summed E-state index contributed by atoms with van der Waals surface area (Å²) in [4.78, 5) is 27.6. The second kappa shape index (κ2) is 7.80. The molecule has 12 heteroatoms. The lowest BCUT2D eigenvalue weighted by atomic mass is 10.3. The first-order chi connectivity index (χ1) is 12.7. The summed E-state index contributed by atoms with van der Waals surface area (Å²) in [6, 6.07) is 7.35. The van der Waals surface area contributed by atoms with Crippen LogP contribution in [0, 0.1) is 0 Å². The molecule has 0 atom stereocenters. The highest BCUT2D eigenvalue weighted by Crippen LogP contribution is 2.50.